The quantitative estimate of drug-likeness (QED) is 0.594. The lowest BCUT2D eigenvalue weighted by Gasteiger charge is -2.12. The van der Waals surface area contributed by atoms with Crippen molar-refractivity contribution in [2.24, 2.45) is 5.73 Å². The molecule has 5 heteroatoms. The van der Waals surface area contributed by atoms with Crippen LogP contribution in [0.2, 0.25) is 0 Å². The third-order valence-electron chi connectivity index (χ3n) is 1.85. The Morgan fingerprint density at radius 2 is 2.18 bits per heavy atom. The van der Waals surface area contributed by atoms with Crippen LogP contribution in [0.4, 0.5) is 4.79 Å². The van der Waals surface area contributed by atoms with Gasteiger partial charge in [0.15, 0.2) is 0 Å². The van der Waals surface area contributed by atoms with E-state index in [2.05, 4.69) is 5.32 Å². The van der Waals surface area contributed by atoms with Crippen LogP contribution in [0.15, 0.2) is 0 Å². The minimum Gasteiger partial charge on any atom is -0.465 e. The van der Waals surface area contributed by atoms with E-state index in [1.54, 1.807) is 0 Å². The molecule has 0 aromatic rings. The first kappa shape index (κ1) is 10.5. The summed E-state index contributed by atoms with van der Waals surface area (Å²) in [6, 6.07) is 0. The van der Waals surface area contributed by atoms with E-state index in [-0.39, 0.29) is 17.9 Å². The summed E-state index contributed by atoms with van der Waals surface area (Å²) in [4.78, 5) is 10.2. The van der Waals surface area contributed by atoms with Gasteiger partial charge >= 0.3 is 6.09 Å². The first-order valence-corrected chi connectivity index (χ1v) is 3.40. The highest BCUT2D eigenvalue weighted by molar-refractivity contribution is 5.85. The highest BCUT2D eigenvalue weighted by Crippen LogP contribution is 2.37. The minimum absolute atomic E-state index is 0. The predicted octanol–water partition coefficient (Wildman–Crippen LogP) is 0.557. The van der Waals surface area contributed by atoms with Gasteiger partial charge < -0.3 is 16.2 Å². The molecule has 4 nitrogen and oxygen atoms in total. The second-order valence-corrected chi connectivity index (χ2v) is 2.75. The lowest BCUT2D eigenvalue weighted by atomic mass is 10.2. The van der Waals surface area contributed by atoms with Gasteiger partial charge in [-0.2, -0.15) is 0 Å². The van der Waals surface area contributed by atoms with Crippen LogP contribution in [0.3, 0.4) is 0 Å². The van der Waals surface area contributed by atoms with Gasteiger partial charge in [-0.15, -0.1) is 12.4 Å². The summed E-state index contributed by atoms with van der Waals surface area (Å²) in [5, 5.41) is 10.8. The average Bonchev–Trinajstić information content (AvgIpc) is 2.47. The van der Waals surface area contributed by atoms with Crippen LogP contribution in [0.5, 0.6) is 0 Å². The highest BCUT2D eigenvalue weighted by Gasteiger charge is 2.42. The number of nitrogens with two attached hydrogens (primary N) is 1. The van der Waals surface area contributed by atoms with E-state index in [1.807, 2.05) is 0 Å². The van der Waals surface area contributed by atoms with Crippen molar-refractivity contribution in [1.29, 1.82) is 0 Å². The van der Waals surface area contributed by atoms with Gasteiger partial charge in [0.05, 0.1) is 0 Å². The Bertz CT molecular complexity index is 148. The molecule has 1 amide bonds. The number of halogens is 1. The van der Waals surface area contributed by atoms with E-state index in [9.17, 15) is 4.79 Å². The number of carboxylic acid groups (broad SMARTS) is 1. The standard InChI is InChI=1S/C6H12N2O2.ClH/c7-4-3-6(1-2-6)8-5(9)10;/h8H,1-4,7H2,(H,9,10);1H. The summed E-state index contributed by atoms with van der Waals surface area (Å²) in [6.45, 7) is 0.556. The molecule has 0 spiro atoms. The Labute approximate surface area is 71.6 Å². The number of carbonyl (C=O) groups is 1. The maximum absolute atomic E-state index is 10.2. The molecule has 0 saturated heterocycles. The highest BCUT2D eigenvalue weighted by atomic mass is 35.5. The van der Waals surface area contributed by atoms with Crippen molar-refractivity contribution in [2.75, 3.05) is 6.54 Å². The summed E-state index contributed by atoms with van der Waals surface area (Å²) in [6.07, 6.45) is 1.71. The van der Waals surface area contributed by atoms with Crippen LogP contribution in [-0.4, -0.2) is 23.3 Å². The third-order valence-corrected chi connectivity index (χ3v) is 1.85. The van der Waals surface area contributed by atoms with Gasteiger partial charge in [0.1, 0.15) is 0 Å². The lowest BCUT2D eigenvalue weighted by Crippen LogP contribution is -2.37. The summed E-state index contributed by atoms with van der Waals surface area (Å²) >= 11 is 0. The fraction of sp³-hybridized carbons (Fsp3) is 0.833. The van der Waals surface area contributed by atoms with Crippen LogP contribution >= 0.6 is 12.4 Å². The van der Waals surface area contributed by atoms with Crippen molar-refractivity contribution >= 4 is 18.5 Å². The number of rotatable bonds is 3. The number of hydrogen-bond donors (Lipinski definition) is 3. The molecular weight excluding hydrogens is 168 g/mol. The smallest absolute Gasteiger partial charge is 0.405 e. The predicted molar refractivity (Wildman–Crippen MR) is 44.0 cm³/mol. The lowest BCUT2D eigenvalue weighted by molar-refractivity contribution is 0.187. The van der Waals surface area contributed by atoms with E-state index >= 15 is 0 Å². The zero-order valence-corrected chi connectivity index (χ0v) is 6.99. The van der Waals surface area contributed by atoms with Gasteiger partial charge in [-0.3, -0.25) is 0 Å². The van der Waals surface area contributed by atoms with Crippen LogP contribution in [0.1, 0.15) is 19.3 Å². The van der Waals surface area contributed by atoms with E-state index in [0.717, 1.165) is 19.3 Å². The number of amides is 1. The van der Waals surface area contributed by atoms with Gasteiger partial charge in [-0.1, -0.05) is 0 Å². The fourth-order valence-electron chi connectivity index (χ4n) is 1.09. The fourth-order valence-corrected chi connectivity index (χ4v) is 1.09. The van der Waals surface area contributed by atoms with Crippen molar-refractivity contribution in [2.45, 2.75) is 24.8 Å². The molecule has 1 fully saturated rings. The molecule has 0 aromatic heterocycles. The number of hydrogen-bond acceptors (Lipinski definition) is 2. The van der Waals surface area contributed by atoms with Crippen LogP contribution in [0, 0.1) is 0 Å². The Morgan fingerprint density at radius 3 is 2.45 bits per heavy atom. The summed E-state index contributed by atoms with van der Waals surface area (Å²) in [5.74, 6) is 0. The van der Waals surface area contributed by atoms with Crippen molar-refractivity contribution in [3.8, 4) is 0 Å². The maximum Gasteiger partial charge on any atom is 0.405 e. The molecule has 0 bridgehead atoms. The van der Waals surface area contributed by atoms with Crippen molar-refractivity contribution < 1.29 is 9.90 Å². The van der Waals surface area contributed by atoms with Gasteiger partial charge in [-0.05, 0) is 25.8 Å². The van der Waals surface area contributed by atoms with E-state index in [0.29, 0.717) is 6.54 Å². The van der Waals surface area contributed by atoms with E-state index in [4.69, 9.17) is 10.8 Å². The Kier molecular flexibility index (Phi) is 3.62. The van der Waals surface area contributed by atoms with Gasteiger partial charge in [0.2, 0.25) is 0 Å². The van der Waals surface area contributed by atoms with Crippen LogP contribution in [0.25, 0.3) is 0 Å². The molecular formula is C6H13ClN2O2. The normalized spacial score (nSPS) is 18.3. The molecule has 0 atom stereocenters. The Balaban J connectivity index is 0.000001000. The monoisotopic (exact) mass is 180 g/mol. The van der Waals surface area contributed by atoms with E-state index in [1.165, 1.54) is 0 Å². The molecule has 0 unspecified atom stereocenters. The molecule has 1 aliphatic rings. The van der Waals surface area contributed by atoms with Crippen molar-refractivity contribution in [1.82, 2.24) is 5.32 Å². The Morgan fingerprint density at radius 1 is 1.64 bits per heavy atom. The van der Waals surface area contributed by atoms with Crippen LogP contribution in [-0.2, 0) is 0 Å². The topological polar surface area (TPSA) is 75.3 Å². The largest absolute Gasteiger partial charge is 0.465 e. The first-order chi connectivity index (χ1) is 4.68. The van der Waals surface area contributed by atoms with Gasteiger partial charge in [-0.25, -0.2) is 4.79 Å². The zero-order chi connectivity index (χ0) is 7.61. The van der Waals surface area contributed by atoms with Crippen molar-refractivity contribution in [3.05, 3.63) is 0 Å². The summed E-state index contributed by atoms with van der Waals surface area (Å²) < 4.78 is 0. The summed E-state index contributed by atoms with van der Waals surface area (Å²) in [7, 11) is 0. The molecule has 0 aromatic carbocycles. The molecule has 4 N–H and O–H groups in total. The second kappa shape index (κ2) is 3.78. The molecule has 66 valence electrons. The third kappa shape index (κ3) is 2.95. The zero-order valence-electron chi connectivity index (χ0n) is 6.17. The second-order valence-electron chi connectivity index (χ2n) is 2.75. The molecule has 1 aliphatic carbocycles. The minimum atomic E-state index is -0.939. The molecule has 1 rings (SSSR count). The summed E-state index contributed by atoms with van der Waals surface area (Å²) in [5.41, 5.74) is 5.15. The van der Waals surface area contributed by atoms with Crippen LogP contribution < -0.4 is 11.1 Å². The molecule has 0 heterocycles. The first-order valence-electron chi connectivity index (χ1n) is 3.40. The number of nitrogens with one attached hydrogen (secondary N) is 1. The average molecular weight is 181 g/mol. The molecule has 0 radical (unpaired) electrons. The van der Waals surface area contributed by atoms with E-state index < -0.39 is 6.09 Å². The molecule has 1 saturated carbocycles. The van der Waals surface area contributed by atoms with Gasteiger partial charge in [0.25, 0.3) is 0 Å². The SMILES string of the molecule is Cl.NCCC1(NC(=O)O)CC1. The van der Waals surface area contributed by atoms with Crippen molar-refractivity contribution in [3.63, 3.8) is 0 Å². The van der Waals surface area contributed by atoms with Gasteiger partial charge in [0, 0.05) is 5.54 Å². The molecule has 0 aliphatic heterocycles. The Hall–Kier alpha value is -0.480. The molecule has 11 heavy (non-hydrogen) atoms. The maximum atomic E-state index is 10.2.